The van der Waals surface area contributed by atoms with Gasteiger partial charge >= 0.3 is 0 Å². The molecule has 0 amide bonds. The summed E-state index contributed by atoms with van der Waals surface area (Å²) in [4.78, 5) is 0. The maximum atomic E-state index is 5.47. The van der Waals surface area contributed by atoms with E-state index in [4.69, 9.17) is 23.4 Å². The zero-order valence-corrected chi connectivity index (χ0v) is 5.84. The Kier molecular flexibility index (Phi) is 5.05. The van der Waals surface area contributed by atoms with Crippen LogP contribution in [0.4, 0.5) is 0 Å². The molecule has 0 atom stereocenters. The minimum atomic E-state index is 0.412. The van der Waals surface area contributed by atoms with Crippen LogP contribution in [0.15, 0.2) is 0 Å². The van der Waals surface area contributed by atoms with Gasteiger partial charge in [-0.25, -0.2) is 4.42 Å². The molecule has 0 rings (SSSR count). The quantitative estimate of drug-likeness (QED) is 0.331. The van der Waals surface area contributed by atoms with Crippen LogP contribution < -0.4 is 0 Å². The van der Waals surface area contributed by atoms with Crippen molar-refractivity contribution in [3.05, 3.63) is 0 Å². The van der Waals surface area contributed by atoms with Crippen molar-refractivity contribution in [1.82, 2.24) is 4.42 Å². The zero-order valence-electron chi connectivity index (χ0n) is 4.32. The van der Waals surface area contributed by atoms with Gasteiger partial charge in [0, 0.05) is 6.54 Å². The Balaban J connectivity index is 2.83. The second kappa shape index (κ2) is 4.69. The first-order valence-electron chi connectivity index (χ1n) is 2.28. The van der Waals surface area contributed by atoms with Gasteiger partial charge in [0.2, 0.25) is 0 Å². The molecule has 0 unspecified atom stereocenters. The summed E-state index contributed by atoms with van der Waals surface area (Å²) in [5, 5.41) is 0. The highest BCUT2D eigenvalue weighted by Gasteiger charge is 1.91. The van der Waals surface area contributed by atoms with Crippen molar-refractivity contribution in [2.75, 3.05) is 12.5 Å². The largest absolute Gasteiger partial charge is 0.205 e. The molecule has 0 fully saturated rings. The van der Waals surface area contributed by atoms with Crippen LogP contribution in [0.25, 0.3) is 0 Å². The molecule has 0 radical (unpaired) electrons. The summed E-state index contributed by atoms with van der Waals surface area (Å²) in [7, 11) is 0. The maximum Gasteiger partial charge on any atom is 0.0883 e. The topological polar surface area (TPSA) is 3.24 Å². The van der Waals surface area contributed by atoms with Gasteiger partial charge in [0.05, 0.1) is 6.00 Å². The number of rotatable bonds is 3. The normalized spacial score (nSPS) is 10.3. The van der Waals surface area contributed by atoms with Crippen molar-refractivity contribution >= 4 is 23.4 Å². The second-order valence-corrected chi connectivity index (χ2v) is 2.02. The van der Waals surface area contributed by atoms with Gasteiger partial charge in [0.25, 0.3) is 0 Å². The van der Waals surface area contributed by atoms with E-state index in [0.29, 0.717) is 6.00 Å². The van der Waals surface area contributed by atoms with E-state index in [2.05, 4.69) is 6.92 Å². The lowest BCUT2D eigenvalue weighted by atomic mass is 10.5. The van der Waals surface area contributed by atoms with Crippen LogP contribution in [0.2, 0.25) is 0 Å². The minimum Gasteiger partial charge on any atom is -0.205 e. The third kappa shape index (κ3) is 4.39. The molecule has 0 aliphatic carbocycles. The molecule has 0 saturated carbocycles. The Bertz CT molecular complexity index is 40.7. The zero-order chi connectivity index (χ0) is 5.70. The fraction of sp³-hybridized carbons (Fsp3) is 1.00. The van der Waals surface area contributed by atoms with Crippen LogP contribution in [0.5, 0.6) is 0 Å². The standard InChI is InChI=1S/C4H9Cl2N/c1-2-3-7(6)4-5/h2-4H2,1H3. The molecule has 0 aromatic carbocycles. The van der Waals surface area contributed by atoms with E-state index in [-0.39, 0.29) is 0 Å². The highest BCUT2D eigenvalue weighted by Crippen LogP contribution is 1.95. The molecule has 44 valence electrons. The average Bonchev–Trinajstić information content (AvgIpc) is 1.68. The lowest BCUT2D eigenvalue weighted by Gasteiger charge is -2.04. The third-order valence-electron chi connectivity index (χ3n) is 0.596. The Morgan fingerprint density at radius 3 is 2.29 bits per heavy atom. The lowest BCUT2D eigenvalue weighted by molar-refractivity contribution is 0.521. The van der Waals surface area contributed by atoms with E-state index in [1.165, 1.54) is 0 Å². The average molecular weight is 142 g/mol. The Morgan fingerprint density at radius 1 is 1.57 bits per heavy atom. The summed E-state index contributed by atoms with van der Waals surface area (Å²) >= 11 is 10.8. The predicted molar refractivity (Wildman–Crippen MR) is 33.6 cm³/mol. The number of alkyl halides is 1. The minimum absolute atomic E-state index is 0.412. The smallest absolute Gasteiger partial charge is 0.0883 e. The Hall–Kier alpha value is 0.540. The van der Waals surface area contributed by atoms with Gasteiger partial charge in [-0.15, -0.1) is 11.6 Å². The molecular weight excluding hydrogens is 133 g/mol. The van der Waals surface area contributed by atoms with Gasteiger partial charge in [-0.3, -0.25) is 0 Å². The van der Waals surface area contributed by atoms with E-state index in [1.54, 1.807) is 4.42 Å². The van der Waals surface area contributed by atoms with E-state index < -0.39 is 0 Å². The van der Waals surface area contributed by atoms with Crippen LogP contribution in [0.3, 0.4) is 0 Å². The van der Waals surface area contributed by atoms with Gasteiger partial charge < -0.3 is 0 Å². The van der Waals surface area contributed by atoms with Crippen molar-refractivity contribution in [3.63, 3.8) is 0 Å². The highest BCUT2D eigenvalue weighted by molar-refractivity contribution is 6.22. The van der Waals surface area contributed by atoms with Crippen molar-refractivity contribution in [2.45, 2.75) is 13.3 Å². The Morgan fingerprint density at radius 2 is 2.14 bits per heavy atom. The molecule has 7 heavy (non-hydrogen) atoms. The fourth-order valence-corrected chi connectivity index (χ4v) is 0.591. The molecule has 0 bridgehead atoms. The molecular formula is C4H9Cl2N. The second-order valence-electron chi connectivity index (χ2n) is 1.31. The van der Waals surface area contributed by atoms with E-state index in [1.807, 2.05) is 0 Å². The van der Waals surface area contributed by atoms with Crippen LogP contribution in [0, 0.1) is 0 Å². The summed E-state index contributed by atoms with van der Waals surface area (Å²) in [5.74, 6) is 0. The molecule has 0 heterocycles. The SMILES string of the molecule is CCCN(Cl)CCl. The molecule has 0 saturated heterocycles. The molecule has 0 N–H and O–H groups in total. The van der Waals surface area contributed by atoms with Crippen LogP contribution in [0.1, 0.15) is 13.3 Å². The maximum absolute atomic E-state index is 5.47. The van der Waals surface area contributed by atoms with Gasteiger partial charge in [0.15, 0.2) is 0 Å². The molecule has 3 heteroatoms. The van der Waals surface area contributed by atoms with E-state index >= 15 is 0 Å². The predicted octanol–water partition coefficient (Wildman–Crippen LogP) is 2.05. The summed E-state index contributed by atoms with van der Waals surface area (Å²) in [6.07, 6.45) is 1.05. The van der Waals surface area contributed by atoms with Crippen molar-refractivity contribution in [3.8, 4) is 0 Å². The summed E-state index contributed by atoms with van der Waals surface area (Å²) in [5.41, 5.74) is 0. The molecule has 0 spiro atoms. The van der Waals surface area contributed by atoms with Crippen molar-refractivity contribution in [1.29, 1.82) is 0 Å². The third-order valence-corrected chi connectivity index (χ3v) is 1.30. The lowest BCUT2D eigenvalue weighted by Crippen LogP contribution is -2.09. The molecule has 0 aromatic rings. The van der Waals surface area contributed by atoms with Crippen LogP contribution >= 0.6 is 23.4 Å². The number of hydrogen-bond acceptors (Lipinski definition) is 1. The van der Waals surface area contributed by atoms with Gasteiger partial charge in [-0.2, -0.15) is 0 Å². The Labute approximate surface area is 54.3 Å². The molecule has 0 aliphatic heterocycles. The first-order valence-corrected chi connectivity index (χ1v) is 3.15. The highest BCUT2D eigenvalue weighted by atomic mass is 35.5. The van der Waals surface area contributed by atoms with Crippen molar-refractivity contribution < 1.29 is 0 Å². The number of hydrogen-bond donors (Lipinski definition) is 0. The van der Waals surface area contributed by atoms with Gasteiger partial charge in [0.1, 0.15) is 0 Å². The summed E-state index contributed by atoms with van der Waals surface area (Å²) < 4.78 is 1.54. The van der Waals surface area contributed by atoms with Crippen molar-refractivity contribution in [2.24, 2.45) is 0 Å². The van der Waals surface area contributed by atoms with Gasteiger partial charge in [-0.05, 0) is 18.2 Å². The summed E-state index contributed by atoms with van der Waals surface area (Å²) in [6, 6.07) is 0.412. The summed E-state index contributed by atoms with van der Waals surface area (Å²) in [6.45, 7) is 2.92. The van der Waals surface area contributed by atoms with Gasteiger partial charge in [-0.1, -0.05) is 6.92 Å². The van der Waals surface area contributed by atoms with Crippen LogP contribution in [-0.2, 0) is 0 Å². The van der Waals surface area contributed by atoms with E-state index in [0.717, 1.165) is 13.0 Å². The molecule has 0 aliphatic rings. The molecule has 1 nitrogen and oxygen atoms in total. The monoisotopic (exact) mass is 141 g/mol. The van der Waals surface area contributed by atoms with E-state index in [9.17, 15) is 0 Å². The first-order chi connectivity index (χ1) is 3.31. The molecule has 0 aromatic heterocycles. The number of halogens is 2. The first kappa shape index (κ1) is 7.54. The fourth-order valence-electron chi connectivity index (χ4n) is 0.302. The van der Waals surface area contributed by atoms with Crippen LogP contribution in [-0.4, -0.2) is 17.0 Å². The number of nitrogens with zero attached hydrogens (tertiary/aromatic N) is 1.